The third-order valence-electron chi connectivity index (χ3n) is 2.74. The van der Waals surface area contributed by atoms with E-state index in [-0.39, 0.29) is 28.0 Å². The maximum Gasteiger partial charge on any atom is 0.269 e. The summed E-state index contributed by atoms with van der Waals surface area (Å²) in [6, 6.07) is 7.18. The molecule has 0 heterocycles. The zero-order chi connectivity index (χ0) is 15.6. The second-order valence-electron chi connectivity index (χ2n) is 4.17. The Hall–Kier alpha value is -1.69. The molecule has 2 aromatic rings. The molecule has 0 saturated heterocycles. The van der Waals surface area contributed by atoms with Gasteiger partial charge in [-0.15, -0.1) is 0 Å². The molecule has 0 bridgehead atoms. The fourth-order valence-corrected chi connectivity index (χ4v) is 2.35. The number of aromatic hydroxyl groups is 1. The van der Waals surface area contributed by atoms with Crippen molar-refractivity contribution in [2.24, 2.45) is 0 Å². The van der Waals surface area contributed by atoms with E-state index in [1.165, 1.54) is 30.3 Å². The van der Waals surface area contributed by atoms with E-state index >= 15 is 0 Å². The third-order valence-corrected chi connectivity index (χ3v) is 3.68. The summed E-state index contributed by atoms with van der Waals surface area (Å²) in [7, 11) is 0. The quantitative estimate of drug-likeness (QED) is 0.470. The summed E-state index contributed by atoms with van der Waals surface area (Å²) >= 11 is 17.6. The van der Waals surface area contributed by atoms with Gasteiger partial charge in [-0.25, -0.2) is 0 Å². The molecule has 0 radical (unpaired) electrons. The summed E-state index contributed by atoms with van der Waals surface area (Å²) in [6.45, 7) is 0.248. The van der Waals surface area contributed by atoms with Crippen LogP contribution in [0.4, 0.5) is 11.4 Å². The first kappa shape index (κ1) is 15.7. The summed E-state index contributed by atoms with van der Waals surface area (Å²) in [4.78, 5) is 10.3. The first-order valence-electron chi connectivity index (χ1n) is 5.73. The second-order valence-corrected chi connectivity index (χ2v) is 5.40. The van der Waals surface area contributed by atoms with Crippen molar-refractivity contribution >= 4 is 46.2 Å². The standard InChI is InChI=1S/C13H9Cl3N2O3/c14-10-2-1-9(18(20)21)3-7(10)6-17-8-4-11(15)13(19)12(16)5-8/h1-5,17,19H,6H2. The van der Waals surface area contributed by atoms with Crippen LogP contribution in [0.25, 0.3) is 0 Å². The van der Waals surface area contributed by atoms with E-state index < -0.39 is 4.92 Å². The smallest absolute Gasteiger partial charge is 0.269 e. The maximum atomic E-state index is 10.7. The molecule has 8 heteroatoms. The number of rotatable bonds is 4. The molecule has 0 fully saturated rings. The number of nitrogens with zero attached hydrogens (tertiary/aromatic N) is 1. The van der Waals surface area contributed by atoms with Gasteiger partial charge in [0, 0.05) is 29.4 Å². The highest BCUT2D eigenvalue weighted by molar-refractivity contribution is 6.37. The Bertz CT molecular complexity index is 684. The number of nitro benzene ring substituents is 1. The van der Waals surface area contributed by atoms with Crippen molar-refractivity contribution in [1.82, 2.24) is 0 Å². The van der Waals surface area contributed by atoms with Crippen LogP contribution in [0.3, 0.4) is 0 Å². The Morgan fingerprint density at radius 1 is 1.10 bits per heavy atom. The SMILES string of the molecule is O=[N+]([O-])c1ccc(Cl)c(CNc2cc(Cl)c(O)c(Cl)c2)c1. The van der Waals surface area contributed by atoms with Crippen LogP contribution in [0, 0.1) is 10.1 Å². The molecule has 0 amide bonds. The highest BCUT2D eigenvalue weighted by Crippen LogP contribution is 2.35. The van der Waals surface area contributed by atoms with Crippen molar-refractivity contribution in [1.29, 1.82) is 0 Å². The zero-order valence-electron chi connectivity index (χ0n) is 10.4. The molecule has 0 aliphatic carbocycles. The topological polar surface area (TPSA) is 75.4 Å². The lowest BCUT2D eigenvalue weighted by molar-refractivity contribution is -0.384. The van der Waals surface area contributed by atoms with E-state index in [1.807, 2.05) is 0 Å². The number of non-ortho nitro benzene ring substituents is 1. The Labute approximate surface area is 135 Å². The molecule has 0 unspecified atom stereocenters. The first-order chi connectivity index (χ1) is 9.88. The van der Waals surface area contributed by atoms with Crippen LogP contribution in [-0.4, -0.2) is 10.0 Å². The number of halogens is 3. The molecule has 0 spiro atoms. The van der Waals surface area contributed by atoms with Crippen LogP contribution in [0.2, 0.25) is 15.1 Å². The molecule has 0 aliphatic heterocycles. The van der Waals surface area contributed by atoms with Crippen molar-refractivity contribution < 1.29 is 10.0 Å². The van der Waals surface area contributed by atoms with Crippen molar-refractivity contribution in [2.45, 2.75) is 6.54 Å². The zero-order valence-corrected chi connectivity index (χ0v) is 12.7. The number of nitrogens with one attached hydrogen (secondary N) is 1. The van der Waals surface area contributed by atoms with Crippen molar-refractivity contribution in [3.05, 3.63) is 61.1 Å². The lowest BCUT2D eigenvalue weighted by Crippen LogP contribution is -2.01. The average Bonchev–Trinajstić information content (AvgIpc) is 2.43. The number of phenolic OH excluding ortho intramolecular Hbond substituents is 1. The summed E-state index contributed by atoms with van der Waals surface area (Å²) in [5.41, 5.74) is 1.08. The first-order valence-corrected chi connectivity index (χ1v) is 6.86. The van der Waals surface area contributed by atoms with E-state index in [0.717, 1.165) is 0 Å². The van der Waals surface area contributed by atoms with Crippen LogP contribution in [0.5, 0.6) is 5.75 Å². The normalized spacial score (nSPS) is 10.4. The van der Waals surface area contributed by atoms with Gasteiger partial charge in [0.2, 0.25) is 0 Å². The third kappa shape index (κ3) is 3.69. The molecule has 2 aromatic carbocycles. The van der Waals surface area contributed by atoms with Gasteiger partial charge in [-0.3, -0.25) is 10.1 Å². The molecule has 5 nitrogen and oxygen atoms in total. The molecule has 0 aliphatic rings. The molecule has 0 aromatic heterocycles. The predicted molar refractivity (Wildman–Crippen MR) is 83.6 cm³/mol. The van der Waals surface area contributed by atoms with E-state index in [2.05, 4.69) is 5.32 Å². The second kappa shape index (κ2) is 6.39. The maximum absolute atomic E-state index is 10.7. The van der Waals surface area contributed by atoms with Gasteiger partial charge in [0.1, 0.15) is 0 Å². The van der Waals surface area contributed by atoms with Crippen LogP contribution >= 0.6 is 34.8 Å². The molecular weight excluding hydrogens is 339 g/mol. The highest BCUT2D eigenvalue weighted by atomic mass is 35.5. The van der Waals surface area contributed by atoms with Crippen molar-refractivity contribution in [3.63, 3.8) is 0 Å². The van der Waals surface area contributed by atoms with E-state index in [4.69, 9.17) is 34.8 Å². The predicted octanol–water partition coefficient (Wildman–Crippen LogP) is 4.87. The molecule has 2 rings (SSSR count). The van der Waals surface area contributed by atoms with E-state index in [1.54, 1.807) is 0 Å². The van der Waals surface area contributed by atoms with Gasteiger partial charge in [-0.1, -0.05) is 34.8 Å². The fraction of sp³-hybridized carbons (Fsp3) is 0.0769. The highest BCUT2D eigenvalue weighted by Gasteiger charge is 2.11. The van der Waals surface area contributed by atoms with Gasteiger partial charge >= 0.3 is 0 Å². The minimum atomic E-state index is -0.492. The average molecular weight is 348 g/mol. The molecule has 0 atom stereocenters. The monoisotopic (exact) mass is 346 g/mol. The van der Waals surface area contributed by atoms with Gasteiger partial charge in [-0.05, 0) is 23.8 Å². The molecule has 21 heavy (non-hydrogen) atoms. The molecule has 0 saturated carbocycles. The van der Waals surface area contributed by atoms with Crippen LogP contribution in [0.1, 0.15) is 5.56 Å². The number of hydrogen-bond acceptors (Lipinski definition) is 4. The number of hydrogen-bond donors (Lipinski definition) is 2. The summed E-state index contributed by atoms with van der Waals surface area (Å²) in [5.74, 6) is -0.197. The number of phenols is 1. The van der Waals surface area contributed by atoms with Gasteiger partial charge in [-0.2, -0.15) is 0 Å². The lowest BCUT2D eigenvalue weighted by atomic mass is 10.2. The number of benzene rings is 2. The summed E-state index contributed by atoms with van der Waals surface area (Å²) in [5, 5.41) is 23.8. The molecule has 110 valence electrons. The van der Waals surface area contributed by atoms with Crippen LogP contribution < -0.4 is 5.32 Å². The molecular formula is C13H9Cl3N2O3. The van der Waals surface area contributed by atoms with Gasteiger partial charge in [0.05, 0.1) is 15.0 Å². The van der Waals surface area contributed by atoms with Crippen LogP contribution in [0.15, 0.2) is 30.3 Å². The lowest BCUT2D eigenvalue weighted by Gasteiger charge is -2.10. The summed E-state index contributed by atoms with van der Waals surface area (Å²) < 4.78 is 0. The largest absolute Gasteiger partial charge is 0.505 e. The van der Waals surface area contributed by atoms with Crippen LogP contribution in [-0.2, 0) is 6.54 Å². The van der Waals surface area contributed by atoms with Gasteiger partial charge < -0.3 is 10.4 Å². The number of anilines is 1. The van der Waals surface area contributed by atoms with E-state index in [0.29, 0.717) is 16.3 Å². The summed E-state index contributed by atoms with van der Waals surface area (Å²) in [6.07, 6.45) is 0. The van der Waals surface area contributed by atoms with Gasteiger partial charge in [0.15, 0.2) is 5.75 Å². The fourth-order valence-electron chi connectivity index (χ4n) is 1.68. The Balaban J connectivity index is 2.20. The molecule has 2 N–H and O–H groups in total. The minimum Gasteiger partial charge on any atom is -0.505 e. The Morgan fingerprint density at radius 3 is 2.29 bits per heavy atom. The van der Waals surface area contributed by atoms with Gasteiger partial charge in [0.25, 0.3) is 5.69 Å². The minimum absolute atomic E-state index is 0.0435. The Morgan fingerprint density at radius 2 is 1.71 bits per heavy atom. The number of nitro groups is 1. The van der Waals surface area contributed by atoms with Crippen molar-refractivity contribution in [3.8, 4) is 5.75 Å². The van der Waals surface area contributed by atoms with E-state index in [9.17, 15) is 15.2 Å². The Kier molecular flexibility index (Phi) is 4.77. The van der Waals surface area contributed by atoms with Crippen molar-refractivity contribution in [2.75, 3.05) is 5.32 Å².